The van der Waals surface area contributed by atoms with Crippen molar-refractivity contribution < 1.29 is 0 Å². The fourth-order valence-electron chi connectivity index (χ4n) is 3.53. The summed E-state index contributed by atoms with van der Waals surface area (Å²) < 4.78 is 0. The summed E-state index contributed by atoms with van der Waals surface area (Å²) >= 11 is 0. The van der Waals surface area contributed by atoms with Crippen LogP contribution in [0.1, 0.15) is 12.0 Å². The summed E-state index contributed by atoms with van der Waals surface area (Å²) in [6.45, 7) is 0.765. The zero-order valence-electron chi connectivity index (χ0n) is 12.4. The molecule has 3 heterocycles. The summed E-state index contributed by atoms with van der Waals surface area (Å²) in [4.78, 5) is 18.9. The van der Waals surface area contributed by atoms with E-state index in [9.17, 15) is 4.79 Å². The molecule has 0 amide bonds. The number of benzene rings is 2. The number of azo groups is 1. The average molecular weight is 302 g/mol. The molecule has 0 fully saturated rings. The summed E-state index contributed by atoms with van der Waals surface area (Å²) in [6.07, 6.45) is 3.69. The Morgan fingerprint density at radius 3 is 2.87 bits per heavy atom. The number of aromatic amines is 2. The van der Waals surface area contributed by atoms with Crippen LogP contribution in [0.15, 0.2) is 51.6 Å². The summed E-state index contributed by atoms with van der Waals surface area (Å²) in [6, 6.07) is 9.77. The van der Waals surface area contributed by atoms with Crippen molar-refractivity contribution in [2.24, 2.45) is 10.2 Å². The lowest BCUT2D eigenvalue weighted by Gasteiger charge is -2.03. The number of H-pyrrole nitrogens is 2. The third kappa shape index (κ3) is 1.70. The Morgan fingerprint density at radius 1 is 1.00 bits per heavy atom. The maximum Gasteiger partial charge on any atom is 0.191 e. The van der Waals surface area contributed by atoms with E-state index in [-0.39, 0.29) is 5.43 Å². The number of hydrogen-bond donors (Lipinski definition) is 2. The minimum Gasteiger partial charge on any atom is -0.361 e. The molecule has 0 spiro atoms. The molecule has 2 N–H and O–H groups in total. The molecule has 23 heavy (non-hydrogen) atoms. The van der Waals surface area contributed by atoms with Crippen LogP contribution < -0.4 is 5.43 Å². The van der Waals surface area contributed by atoms with Gasteiger partial charge in [-0.25, -0.2) is 0 Å². The molecule has 1 aliphatic rings. The molecule has 0 aliphatic carbocycles. The standard InChI is InChI=1S/C18H14N4O/c23-14-7-9-19-12-6-4-11-15-13(21-18(11)16(12)14)5-3-10-2-1-8-20-22-17(10)15/h3-7,9,21H,1-2,8H2,(H,19,23). The lowest BCUT2D eigenvalue weighted by molar-refractivity contribution is 0.828. The van der Waals surface area contributed by atoms with E-state index in [0.717, 1.165) is 52.4 Å². The van der Waals surface area contributed by atoms with E-state index in [2.05, 4.69) is 32.3 Å². The minimum atomic E-state index is 0.0172. The van der Waals surface area contributed by atoms with Crippen molar-refractivity contribution in [3.63, 3.8) is 0 Å². The van der Waals surface area contributed by atoms with Gasteiger partial charge in [0.2, 0.25) is 0 Å². The van der Waals surface area contributed by atoms with Gasteiger partial charge in [0.15, 0.2) is 5.43 Å². The first-order valence-electron chi connectivity index (χ1n) is 7.78. The molecular formula is C18H14N4O. The van der Waals surface area contributed by atoms with E-state index < -0.39 is 0 Å². The molecule has 4 aromatic rings. The Kier molecular flexibility index (Phi) is 2.47. The molecule has 0 radical (unpaired) electrons. The van der Waals surface area contributed by atoms with Crippen LogP contribution in [-0.2, 0) is 6.42 Å². The van der Waals surface area contributed by atoms with Crippen LogP contribution in [0.5, 0.6) is 0 Å². The molecule has 2 aromatic carbocycles. The van der Waals surface area contributed by atoms with Gasteiger partial charge in [-0.1, -0.05) is 12.1 Å². The molecule has 112 valence electrons. The quantitative estimate of drug-likeness (QED) is 0.502. The number of rotatable bonds is 0. The number of nitrogens with one attached hydrogen (secondary N) is 2. The SMILES string of the molecule is O=c1cc[nH]c2ccc3c([nH]c4ccc5c(c43)N=NCCC5)c12. The topological polar surface area (TPSA) is 73.4 Å². The molecule has 0 saturated carbocycles. The van der Waals surface area contributed by atoms with Crippen molar-refractivity contribution in [3.05, 3.63) is 52.3 Å². The summed E-state index contributed by atoms with van der Waals surface area (Å²) in [5.41, 5.74) is 4.88. The lowest BCUT2D eigenvalue weighted by Crippen LogP contribution is -2.00. The number of aromatic nitrogens is 2. The van der Waals surface area contributed by atoms with Crippen LogP contribution in [0.2, 0.25) is 0 Å². The third-order valence-electron chi connectivity index (χ3n) is 4.59. The minimum absolute atomic E-state index is 0.0172. The maximum atomic E-state index is 12.3. The molecule has 0 saturated heterocycles. The first kappa shape index (κ1) is 12.6. The van der Waals surface area contributed by atoms with Crippen molar-refractivity contribution >= 4 is 38.4 Å². The Hall–Kier alpha value is -2.95. The fourth-order valence-corrected chi connectivity index (χ4v) is 3.53. The molecular weight excluding hydrogens is 288 g/mol. The van der Waals surface area contributed by atoms with E-state index in [1.165, 1.54) is 5.56 Å². The van der Waals surface area contributed by atoms with Gasteiger partial charge in [0.05, 0.1) is 28.7 Å². The highest BCUT2D eigenvalue weighted by Gasteiger charge is 2.16. The molecule has 5 rings (SSSR count). The van der Waals surface area contributed by atoms with Crippen LogP contribution in [0.4, 0.5) is 5.69 Å². The van der Waals surface area contributed by atoms with E-state index in [1.54, 1.807) is 12.3 Å². The van der Waals surface area contributed by atoms with Gasteiger partial charge in [-0.15, -0.1) is 0 Å². The number of aryl methyl sites for hydroxylation is 1. The Labute approximate surface area is 131 Å². The first-order chi connectivity index (χ1) is 11.3. The van der Waals surface area contributed by atoms with Gasteiger partial charge in [-0.3, -0.25) is 4.79 Å². The van der Waals surface area contributed by atoms with Crippen LogP contribution in [0.3, 0.4) is 0 Å². The molecule has 5 heteroatoms. The monoisotopic (exact) mass is 302 g/mol. The predicted octanol–water partition coefficient (Wildman–Crippen LogP) is 4.19. The number of hydrogen-bond acceptors (Lipinski definition) is 3. The van der Waals surface area contributed by atoms with Gasteiger partial charge in [0.1, 0.15) is 0 Å². The van der Waals surface area contributed by atoms with Gasteiger partial charge < -0.3 is 9.97 Å². The van der Waals surface area contributed by atoms with E-state index >= 15 is 0 Å². The van der Waals surface area contributed by atoms with Crippen molar-refractivity contribution in [2.75, 3.05) is 6.54 Å². The smallest absolute Gasteiger partial charge is 0.191 e. The Morgan fingerprint density at radius 2 is 1.91 bits per heavy atom. The second-order valence-corrected chi connectivity index (χ2v) is 5.94. The number of fused-ring (bicyclic) bond motifs is 7. The van der Waals surface area contributed by atoms with Crippen molar-refractivity contribution in [1.82, 2.24) is 9.97 Å². The average Bonchev–Trinajstić information content (AvgIpc) is 2.78. The number of pyridine rings is 1. The largest absolute Gasteiger partial charge is 0.361 e. The van der Waals surface area contributed by atoms with Gasteiger partial charge in [-0.05, 0) is 30.5 Å². The van der Waals surface area contributed by atoms with Gasteiger partial charge in [0, 0.05) is 28.6 Å². The molecule has 1 aliphatic heterocycles. The van der Waals surface area contributed by atoms with E-state index in [4.69, 9.17) is 0 Å². The lowest BCUT2D eigenvalue weighted by atomic mass is 10.0. The summed E-state index contributed by atoms with van der Waals surface area (Å²) in [5, 5.41) is 11.5. The first-order valence-corrected chi connectivity index (χ1v) is 7.78. The molecule has 0 atom stereocenters. The van der Waals surface area contributed by atoms with Gasteiger partial charge in [-0.2, -0.15) is 10.2 Å². The Balaban J connectivity index is 2.03. The van der Waals surface area contributed by atoms with Crippen LogP contribution in [0.25, 0.3) is 32.7 Å². The highest BCUT2D eigenvalue weighted by atomic mass is 16.1. The van der Waals surface area contributed by atoms with Gasteiger partial charge >= 0.3 is 0 Å². The van der Waals surface area contributed by atoms with E-state index in [1.807, 2.05) is 12.1 Å². The van der Waals surface area contributed by atoms with Crippen LogP contribution in [0, 0.1) is 0 Å². The predicted molar refractivity (Wildman–Crippen MR) is 91.6 cm³/mol. The molecule has 2 aromatic heterocycles. The van der Waals surface area contributed by atoms with Crippen molar-refractivity contribution in [3.8, 4) is 0 Å². The highest BCUT2D eigenvalue weighted by molar-refractivity contribution is 6.19. The summed E-state index contributed by atoms with van der Waals surface area (Å²) in [5.74, 6) is 0. The maximum absolute atomic E-state index is 12.3. The highest BCUT2D eigenvalue weighted by Crippen LogP contribution is 2.39. The Bertz CT molecular complexity index is 1170. The van der Waals surface area contributed by atoms with Crippen molar-refractivity contribution in [2.45, 2.75) is 12.8 Å². The molecule has 5 nitrogen and oxygen atoms in total. The zero-order chi connectivity index (χ0) is 15.4. The van der Waals surface area contributed by atoms with E-state index in [0.29, 0.717) is 5.39 Å². The van der Waals surface area contributed by atoms with Crippen LogP contribution >= 0.6 is 0 Å². The van der Waals surface area contributed by atoms with Crippen molar-refractivity contribution in [1.29, 1.82) is 0 Å². The molecule has 0 bridgehead atoms. The fraction of sp³-hybridized carbons (Fsp3) is 0.167. The molecule has 0 unspecified atom stereocenters. The second-order valence-electron chi connectivity index (χ2n) is 5.94. The third-order valence-corrected chi connectivity index (χ3v) is 4.59. The zero-order valence-corrected chi connectivity index (χ0v) is 12.4. The van der Waals surface area contributed by atoms with Crippen LogP contribution in [-0.4, -0.2) is 16.5 Å². The van der Waals surface area contributed by atoms with Gasteiger partial charge in [0.25, 0.3) is 0 Å². The number of nitrogens with zero attached hydrogens (tertiary/aromatic N) is 2. The normalized spacial score (nSPS) is 14.4. The second kappa shape index (κ2) is 4.52. The summed E-state index contributed by atoms with van der Waals surface area (Å²) in [7, 11) is 0.